The fourth-order valence-electron chi connectivity index (χ4n) is 3.41. The van der Waals surface area contributed by atoms with Crippen LogP contribution < -0.4 is 10.2 Å². The number of carbonyl (C=O) groups is 2. The molecular formula is C24H18Cl2N2O2. The zero-order valence-corrected chi connectivity index (χ0v) is 17.9. The zero-order valence-electron chi connectivity index (χ0n) is 16.4. The summed E-state index contributed by atoms with van der Waals surface area (Å²) in [5.41, 5.74) is 4.03. The molecule has 0 unspecified atom stereocenters. The molecule has 1 N–H and O–H groups in total. The molecule has 0 atom stereocenters. The second-order valence-corrected chi connectivity index (χ2v) is 7.92. The number of nitrogens with one attached hydrogen (secondary N) is 1. The summed E-state index contributed by atoms with van der Waals surface area (Å²) in [6, 6.07) is 19.5. The number of halogens is 2. The minimum absolute atomic E-state index is 0.203. The molecule has 2 amide bonds. The van der Waals surface area contributed by atoms with Gasteiger partial charge in [-0.2, -0.15) is 0 Å². The average Bonchev–Trinajstić information content (AvgIpc) is 2.96. The molecule has 3 aromatic carbocycles. The molecule has 0 aromatic heterocycles. The molecule has 1 aliphatic rings. The van der Waals surface area contributed by atoms with Gasteiger partial charge in [0.2, 0.25) is 0 Å². The predicted molar refractivity (Wildman–Crippen MR) is 122 cm³/mol. The molecular weight excluding hydrogens is 419 g/mol. The second-order valence-electron chi connectivity index (χ2n) is 7.08. The van der Waals surface area contributed by atoms with Gasteiger partial charge in [0, 0.05) is 15.7 Å². The lowest BCUT2D eigenvalue weighted by Crippen LogP contribution is -2.32. The van der Waals surface area contributed by atoms with Crippen LogP contribution in [-0.4, -0.2) is 11.8 Å². The molecule has 0 spiro atoms. The predicted octanol–water partition coefficient (Wildman–Crippen LogP) is 6.01. The van der Waals surface area contributed by atoms with Crippen LogP contribution in [0.25, 0.3) is 5.57 Å². The molecule has 150 valence electrons. The molecule has 0 saturated carbocycles. The Labute approximate surface area is 184 Å². The number of nitrogens with zero attached hydrogens (tertiary/aromatic N) is 1. The number of imide groups is 1. The van der Waals surface area contributed by atoms with Crippen molar-refractivity contribution in [2.45, 2.75) is 13.8 Å². The highest BCUT2D eigenvalue weighted by molar-refractivity contribution is 6.46. The van der Waals surface area contributed by atoms with Crippen molar-refractivity contribution in [1.29, 1.82) is 0 Å². The molecule has 1 aliphatic heterocycles. The van der Waals surface area contributed by atoms with E-state index in [2.05, 4.69) is 5.32 Å². The third-order valence-electron chi connectivity index (χ3n) is 5.00. The number of carbonyl (C=O) groups excluding carboxylic acids is 2. The van der Waals surface area contributed by atoms with E-state index in [-0.39, 0.29) is 11.3 Å². The summed E-state index contributed by atoms with van der Waals surface area (Å²) in [6.07, 6.45) is 0. The van der Waals surface area contributed by atoms with E-state index in [1.54, 1.807) is 42.5 Å². The normalized spacial score (nSPS) is 13.9. The van der Waals surface area contributed by atoms with Crippen molar-refractivity contribution in [3.05, 3.63) is 99.2 Å². The highest BCUT2D eigenvalue weighted by atomic mass is 35.5. The van der Waals surface area contributed by atoms with Crippen LogP contribution in [0.15, 0.2) is 72.4 Å². The standard InChI is InChI=1S/C24H18Cl2N2O2/c1-14-5-3-6-18(13-14)28-23(29)21(16-9-11-17(25)12-10-16)22(24(28)30)27-20-8-4-7-19(26)15(20)2/h3-13,27H,1-2H3. The Morgan fingerprint density at radius 2 is 1.53 bits per heavy atom. The van der Waals surface area contributed by atoms with Crippen LogP contribution in [0.3, 0.4) is 0 Å². The van der Waals surface area contributed by atoms with E-state index in [4.69, 9.17) is 23.2 Å². The molecule has 1 heterocycles. The minimum atomic E-state index is -0.421. The Morgan fingerprint density at radius 1 is 0.833 bits per heavy atom. The fourth-order valence-corrected chi connectivity index (χ4v) is 3.71. The van der Waals surface area contributed by atoms with Gasteiger partial charge in [-0.15, -0.1) is 0 Å². The van der Waals surface area contributed by atoms with Gasteiger partial charge in [0.15, 0.2) is 0 Å². The van der Waals surface area contributed by atoms with E-state index in [0.29, 0.717) is 27.0 Å². The van der Waals surface area contributed by atoms with Gasteiger partial charge in [0.1, 0.15) is 5.70 Å². The lowest BCUT2D eigenvalue weighted by atomic mass is 10.0. The fraction of sp³-hybridized carbons (Fsp3) is 0.0833. The zero-order chi connectivity index (χ0) is 21.4. The number of aryl methyl sites for hydroxylation is 1. The van der Waals surface area contributed by atoms with Crippen LogP contribution in [0.5, 0.6) is 0 Å². The molecule has 30 heavy (non-hydrogen) atoms. The molecule has 4 rings (SSSR count). The Balaban J connectivity index is 1.86. The van der Waals surface area contributed by atoms with Crippen LogP contribution in [0.1, 0.15) is 16.7 Å². The quantitative estimate of drug-likeness (QED) is 0.509. The van der Waals surface area contributed by atoms with Crippen LogP contribution in [-0.2, 0) is 9.59 Å². The number of benzene rings is 3. The largest absolute Gasteiger partial charge is 0.350 e. The molecule has 0 aliphatic carbocycles. The number of amides is 2. The first-order chi connectivity index (χ1) is 14.4. The minimum Gasteiger partial charge on any atom is -0.350 e. The van der Waals surface area contributed by atoms with E-state index in [9.17, 15) is 9.59 Å². The Kier molecular flexibility index (Phi) is 5.37. The lowest BCUT2D eigenvalue weighted by molar-refractivity contribution is -0.120. The van der Waals surface area contributed by atoms with E-state index in [0.717, 1.165) is 11.1 Å². The van der Waals surface area contributed by atoms with Crippen LogP contribution in [0, 0.1) is 13.8 Å². The number of anilines is 2. The van der Waals surface area contributed by atoms with Crippen molar-refractivity contribution >= 4 is 52.0 Å². The molecule has 0 fully saturated rings. The Bertz CT molecular complexity index is 1200. The summed E-state index contributed by atoms with van der Waals surface area (Å²) in [5, 5.41) is 4.28. The van der Waals surface area contributed by atoms with Gasteiger partial charge in [-0.25, -0.2) is 4.90 Å². The number of hydrogen-bond donors (Lipinski definition) is 1. The first-order valence-corrected chi connectivity index (χ1v) is 10.1. The smallest absolute Gasteiger partial charge is 0.282 e. The summed E-state index contributed by atoms with van der Waals surface area (Å²) in [5.74, 6) is -0.815. The van der Waals surface area contributed by atoms with Gasteiger partial charge >= 0.3 is 0 Å². The van der Waals surface area contributed by atoms with Gasteiger partial charge < -0.3 is 5.32 Å². The van der Waals surface area contributed by atoms with Gasteiger partial charge in [-0.3, -0.25) is 9.59 Å². The monoisotopic (exact) mass is 436 g/mol. The summed E-state index contributed by atoms with van der Waals surface area (Å²) in [6.45, 7) is 3.77. The van der Waals surface area contributed by atoms with Crippen molar-refractivity contribution < 1.29 is 9.59 Å². The Morgan fingerprint density at radius 3 is 2.23 bits per heavy atom. The molecule has 0 bridgehead atoms. The highest BCUT2D eigenvalue weighted by Crippen LogP contribution is 2.35. The molecule has 4 nitrogen and oxygen atoms in total. The first-order valence-electron chi connectivity index (χ1n) is 9.34. The summed E-state index contributed by atoms with van der Waals surface area (Å²) in [4.78, 5) is 28.0. The van der Waals surface area contributed by atoms with E-state index in [1.165, 1.54) is 4.90 Å². The SMILES string of the molecule is Cc1cccc(N2C(=O)C(Nc3cccc(Cl)c3C)=C(c3ccc(Cl)cc3)C2=O)c1. The maximum Gasteiger partial charge on any atom is 0.282 e. The first kappa shape index (κ1) is 20.2. The average molecular weight is 437 g/mol. The van der Waals surface area contributed by atoms with Crippen molar-refractivity contribution in [2.75, 3.05) is 10.2 Å². The number of hydrogen-bond acceptors (Lipinski definition) is 3. The summed E-state index contributed by atoms with van der Waals surface area (Å²) >= 11 is 12.3. The summed E-state index contributed by atoms with van der Waals surface area (Å²) < 4.78 is 0. The van der Waals surface area contributed by atoms with E-state index in [1.807, 2.05) is 38.1 Å². The maximum atomic E-state index is 13.4. The van der Waals surface area contributed by atoms with Gasteiger partial charge in [0.25, 0.3) is 11.8 Å². The summed E-state index contributed by atoms with van der Waals surface area (Å²) in [7, 11) is 0. The highest BCUT2D eigenvalue weighted by Gasteiger charge is 2.40. The molecule has 0 radical (unpaired) electrons. The van der Waals surface area contributed by atoms with E-state index >= 15 is 0 Å². The third-order valence-corrected chi connectivity index (χ3v) is 5.67. The van der Waals surface area contributed by atoms with Crippen molar-refractivity contribution in [1.82, 2.24) is 0 Å². The lowest BCUT2D eigenvalue weighted by Gasteiger charge is -2.16. The second kappa shape index (κ2) is 7.98. The molecule has 0 saturated heterocycles. The molecule has 6 heteroatoms. The Hall–Kier alpha value is -3.08. The van der Waals surface area contributed by atoms with Crippen LogP contribution in [0.4, 0.5) is 11.4 Å². The van der Waals surface area contributed by atoms with Crippen LogP contribution in [0.2, 0.25) is 10.0 Å². The van der Waals surface area contributed by atoms with Gasteiger partial charge in [-0.05, 0) is 66.9 Å². The van der Waals surface area contributed by atoms with E-state index < -0.39 is 11.8 Å². The topological polar surface area (TPSA) is 49.4 Å². The maximum absolute atomic E-state index is 13.4. The van der Waals surface area contributed by atoms with Crippen molar-refractivity contribution in [2.24, 2.45) is 0 Å². The van der Waals surface area contributed by atoms with Gasteiger partial charge in [-0.1, -0.05) is 53.5 Å². The van der Waals surface area contributed by atoms with Crippen molar-refractivity contribution in [3.8, 4) is 0 Å². The molecule has 3 aromatic rings. The van der Waals surface area contributed by atoms with Gasteiger partial charge in [0.05, 0.1) is 11.3 Å². The number of rotatable bonds is 4. The van der Waals surface area contributed by atoms with Crippen molar-refractivity contribution in [3.63, 3.8) is 0 Å². The van der Waals surface area contributed by atoms with Crippen LogP contribution >= 0.6 is 23.2 Å². The third kappa shape index (κ3) is 3.60.